The Kier molecular flexibility index (Phi) is 2.63. The fourth-order valence-corrected chi connectivity index (χ4v) is 3.60. The number of hydrogen-bond acceptors (Lipinski definition) is 3. The molecule has 3 heterocycles. The van der Waals surface area contributed by atoms with Gasteiger partial charge in [-0.05, 0) is 25.0 Å². The molecular weight excluding hydrogens is 255 g/mol. The van der Waals surface area contributed by atoms with Crippen LogP contribution in [-0.2, 0) is 5.67 Å². The maximum Gasteiger partial charge on any atom is 0.157 e. The molecule has 0 saturated carbocycles. The van der Waals surface area contributed by atoms with Gasteiger partial charge in [0.2, 0.25) is 0 Å². The molecule has 104 valence electrons. The van der Waals surface area contributed by atoms with Crippen molar-refractivity contribution in [3.05, 3.63) is 42.2 Å². The van der Waals surface area contributed by atoms with Crippen LogP contribution in [-0.4, -0.2) is 27.1 Å². The summed E-state index contributed by atoms with van der Waals surface area (Å²) in [6.07, 6.45) is 4.76. The monoisotopic (exact) mass is 272 g/mol. The van der Waals surface area contributed by atoms with E-state index in [2.05, 4.69) is 15.6 Å². The van der Waals surface area contributed by atoms with Gasteiger partial charge in [0.1, 0.15) is 5.69 Å². The zero-order valence-corrected chi connectivity index (χ0v) is 11.2. The number of alkyl halides is 1. The number of para-hydroxylation sites is 1. The van der Waals surface area contributed by atoms with Gasteiger partial charge < -0.3 is 5.32 Å². The number of halogens is 1. The molecule has 0 amide bonds. The van der Waals surface area contributed by atoms with E-state index in [1.165, 1.54) is 0 Å². The number of nitrogens with one attached hydrogen (secondary N) is 1. The van der Waals surface area contributed by atoms with E-state index in [0.717, 1.165) is 18.5 Å². The zero-order valence-electron chi connectivity index (χ0n) is 11.2. The number of nitrogens with zero attached hydrogens (tertiary/aromatic N) is 3. The number of rotatable bonds is 2. The second-order valence-electron chi connectivity index (χ2n) is 5.88. The summed E-state index contributed by atoms with van der Waals surface area (Å²) in [7, 11) is 0. The van der Waals surface area contributed by atoms with Crippen LogP contribution in [0.2, 0.25) is 0 Å². The van der Waals surface area contributed by atoms with Crippen molar-refractivity contribution in [2.24, 2.45) is 0 Å². The Hall–Kier alpha value is -1.75. The van der Waals surface area contributed by atoms with Crippen molar-refractivity contribution >= 4 is 0 Å². The van der Waals surface area contributed by atoms with Crippen LogP contribution in [0, 0.1) is 0 Å². The maximum absolute atomic E-state index is 15.5. The fraction of sp³-hybridized carbons (Fsp3) is 0.467. The molecule has 0 spiro atoms. The summed E-state index contributed by atoms with van der Waals surface area (Å²) < 4.78 is 17.1. The summed E-state index contributed by atoms with van der Waals surface area (Å²) in [6.45, 7) is 0. The predicted molar refractivity (Wildman–Crippen MR) is 73.3 cm³/mol. The lowest BCUT2D eigenvalue weighted by Crippen LogP contribution is -2.45. The molecule has 2 aliphatic rings. The molecule has 2 aliphatic heterocycles. The SMILES string of the molecule is FC1(c2cnnn2-c2ccccc2)CC2CCC(C1)N2. The minimum atomic E-state index is -1.32. The summed E-state index contributed by atoms with van der Waals surface area (Å²) in [5.74, 6) is 0. The molecule has 1 N–H and O–H groups in total. The highest BCUT2D eigenvalue weighted by Gasteiger charge is 2.47. The summed E-state index contributed by atoms with van der Waals surface area (Å²) in [5.41, 5.74) is 0.126. The first-order chi connectivity index (χ1) is 9.74. The Morgan fingerprint density at radius 1 is 1.15 bits per heavy atom. The van der Waals surface area contributed by atoms with Crippen LogP contribution in [0.15, 0.2) is 36.5 Å². The van der Waals surface area contributed by atoms with Crippen LogP contribution < -0.4 is 5.32 Å². The van der Waals surface area contributed by atoms with Gasteiger partial charge in [-0.25, -0.2) is 9.07 Å². The first-order valence-corrected chi connectivity index (χ1v) is 7.16. The Balaban J connectivity index is 1.74. The average molecular weight is 272 g/mol. The number of aromatic nitrogens is 3. The Morgan fingerprint density at radius 3 is 2.55 bits per heavy atom. The van der Waals surface area contributed by atoms with E-state index in [4.69, 9.17) is 0 Å². The van der Waals surface area contributed by atoms with Crippen molar-refractivity contribution in [1.29, 1.82) is 0 Å². The fourth-order valence-electron chi connectivity index (χ4n) is 3.60. The number of benzene rings is 1. The molecule has 1 aromatic heterocycles. The van der Waals surface area contributed by atoms with Crippen LogP contribution in [0.25, 0.3) is 5.69 Å². The van der Waals surface area contributed by atoms with E-state index >= 15 is 4.39 Å². The van der Waals surface area contributed by atoms with Gasteiger partial charge in [-0.3, -0.25) is 0 Å². The molecular formula is C15H17FN4. The summed E-state index contributed by atoms with van der Waals surface area (Å²) in [5, 5.41) is 11.5. The predicted octanol–water partition coefficient (Wildman–Crippen LogP) is 2.35. The van der Waals surface area contributed by atoms with Gasteiger partial charge in [0.05, 0.1) is 11.9 Å². The highest BCUT2D eigenvalue weighted by molar-refractivity contribution is 5.33. The molecule has 2 bridgehead atoms. The van der Waals surface area contributed by atoms with Crippen LogP contribution in [0.5, 0.6) is 0 Å². The van der Waals surface area contributed by atoms with E-state index in [1.54, 1.807) is 10.9 Å². The van der Waals surface area contributed by atoms with Gasteiger partial charge in [-0.1, -0.05) is 23.4 Å². The summed E-state index contributed by atoms with van der Waals surface area (Å²) in [6, 6.07) is 10.2. The van der Waals surface area contributed by atoms with Gasteiger partial charge in [0.25, 0.3) is 0 Å². The summed E-state index contributed by atoms with van der Waals surface area (Å²) >= 11 is 0. The lowest BCUT2D eigenvalue weighted by atomic mass is 9.86. The highest BCUT2D eigenvalue weighted by atomic mass is 19.1. The quantitative estimate of drug-likeness (QED) is 0.912. The Bertz CT molecular complexity index is 597. The third-order valence-corrected chi connectivity index (χ3v) is 4.48. The maximum atomic E-state index is 15.5. The van der Waals surface area contributed by atoms with E-state index in [1.807, 2.05) is 30.3 Å². The van der Waals surface area contributed by atoms with Crippen LogP contribution in [0.4, 0.5) is 4.39 Å². The molecule has 2 fully saturated rings. The second-order valence-corrected chi connectivity index (χ2v) is 5.88. The molecule has 0 radical (unpaired) electrons. The van der Waals surface area contributed by atoms with Crippen LogP contribution in [0.3, 0.4) is 0 Å². The average Bonchev–Trinajstić information content (AvgIpc) is 3.07. The molecule has 20 heavy (non-hydrogen) atoms. The molecule has 5 heteroatoms. The molecule has 2 aromatic rings. The normalized spacial score (nSPS) is 32.5. The molecule has 4 nitrogen and oxygen atoms in total. The van der Waals surface area contributed by atoms with E-state index in [0.29, 0.717) is 18.5 Å². The van der Waals surface area contributed by atoms with Crippen molar-refractivity contribution in [3.63, 3.8) is 0 Å². The smallest absolute Gasteiger partial charge is 0.157 e. The molecule has 2 saturated heterocycles. The lowest BCUT2D eigenvalue weighted by molar-refractivity contribution is 0.0799. The Labute approximate surface area is 117 Å². The Morgan fingerprint density at radius 2 is 1.85 bits per heavy atom. The highest BCUT2D eigenvalue weighted by Crippen LogP contribution is 2.43. The van der Waals surface area contributed by atoms with Gasteiger partial charge in [0.15, 0.2) is 5.67 Å². The molecule has 2 atom stereocenters. The van der Waals surface area contributed by atoms with Crippen molar-refractivity contribution < 1.29 is 4.39 Å². The third kappa shape index (κ3) is 1.85. The van der Waals surface area contributed by atoms with Crippen LogP contribution >= 0.6 is 0 Å². The summed E-state index contributed by atoms with van der Waals surface area (Å²) in [4.78, 5) is 0. The van der Waals surface area contributed by atoms with E-state index in [9.17, 15) is 0 Å². The zero-order chi connectivity index (χ0) is 13.6. The van der Waals surface area contributed by atoms with Gasteiger partial charge >= 0.3 is 0 Å². The topological polar surface area (TPSA) is 42.7 Å². The molecule has 2 unspecified atom stereocenters. The van der Waals surface area contributed by atoms with E-state index in [-0.39, 0.29) is 12.1 Å². The molecule has 0 aliphatic carbocycles. The lowest BCUT2D eigenvalue weighted by Gasteiger charge is -2.34. The van der Waals surface area contributed by atoms with Gasteiger partial charge in [-0.2, -0.15) is 0 Å². The van der Waals surface area contributed by atoms with E-state index < -0.39 is 5.67 Å². The second kappa shape index (κ2) is 4.38. The standard InChI is InChI=1S/C15H17FN4/c16-15(8-11-6-7-12(9-15)18-11)14-10-17-19-20(14)13-4-2-1-3-5-13/h1-5,10-12,18H,6-9H2. The van der Waals surface area contributed by atoms with Crippen LogP contribution in [0.1, 0.15) is 31.4 Å². The van der Waals surface area contributed by atoms with Gasteiger partial charge in [0, 0.05) is 24.9 Å². The largest absolute Gasteiger partial charge is 0.311 e. The number of fused-ring (bicyclic) bond motifs is 2. The first-order valence-electron chi connectivity index (χ1n) is 7.16. The minimum Gasteiger partial charge on any atom is -0.311 e. The molecule has 1 aromatic carbocycles. The molecule has 4 rings (SSSR count). The number of hydrogen-bond donors (Lipinski definition) is 1. The minimum absolute atomic E-state index is 0.290. The van der Waals surface area contributed by atoms with Crippen molar-refractivity contribution in [2.45, 2.75) is 43.4 Å². The number of piperidine rings is 1. The first kappa shape index (κ1) is 12.0. The van der Waals surface area contributed by atoms with Crippen molar-refractivity contribution in [3.8, 4) is 5.69 Å². The van der Waals surface area contributed by atoms with Crippen molar-refractivity contribution in [1.82, 2.24) is 20.3 Å². The third-order valence-electron chi connectivity index (χ3n) is 4.48. The van der Waals surface area contributed by atoms with Crippen molar-refractivity contribution in [2.75, 3.05) is 0 Å². The van der Waals surface area contributed by atoms with Gasteiger partial charge in [-0.15, -0.1) is 5.10 Å².